The minimum Gasteiger partial charge on any atom is -0.327 e. The molecule has 1 aliphatic heterocycles. The van der Waals surface area contributed by atoms with Crippen LogP contribution in [0.2, 0.25) is 5.15 Å². The van der Waals surface area contributed by atoms with Crippen molar-refractivity contribution in [3.05, 3.63) is 29.0 Å². The molecule has 3 nitrogen and oxygen atoms in total. The van der Waals surface area contributed by atoms with Gasteiger partial charge in [0.15, 0.2) is 0 Å². The number of piperidine rings is 1. The molecule has 2 heterocycles. The van der Waals surface area contributed by atoms with E-state index in [2.05, 4.69) is 16.4 Å². The summed E-state index contributed by atoms with van der Waals surface area (Å²) in [6, 6.07) is 4.28. The molecule has 2 bridgehead atoms. The Labute approximate surface area is 100 Å². The maximum Gasteiger partial charge on any atom is 0.129 e. The average Bonchev–Trinajstić information content (AvgIpc) is 2.51. The molecule has 1 saturated heterocycles. The van der Waals surface area contributed by atoms with Crippen molar-refractivity contribution in [3.8, 4) is 0 Å². The van der Waals surface area contributed by atoms with Crippen molar-refractivity contribution in [2.75, 3.05) is 13.1 Å². The quantitative estimate of drug-likeness (QED) is 0.725. The van der Waals surface area contributed by atoms with Gasteiger partial charge in [0, 0.05) is 24.2 Å². The van der Waals surface area contributed by atoms with Crippen molar-refractivity contribution in [1.29, 1.82) is 0 Å². The molecule has 2 aliphatic rings. The van der Waals surface area contributed by atoms with Gasteiger partial charge in [-0.3, -0.25) is 0 Å². The number of pyridine rings is 1. The van der Waals surface area contributed by atoms with Gasteiger partial charge in [0.25, 0.3) is 0 Å². The number of hydrogen-bond donors (Lipinski definition) is 2. The smallest absolute Gasteiger partial charge is 0.129 e. The first-order valence-electron chi connectivity index (χ1n) is 5.81. The molecule has 16 heavy (non-hydrogen) atoms. The summed E-state index contributed by atoms with van der Waals surface area (Å²) in [6.45, 7) is 2.02. The number of nitrogens with one attached hydrogen (secondary N) is 1. The lowest BCUT2D eigenvalue weighted by molar-refractivity contribution is 0.275. The molecule has 0 radical (unpaired) electrons. The number of nitrogens with zero attached hydrogens (tertiary/aromatic N) is 1. The molecule has 3 N–H and O–H groups in total. The number of nitrogens with two attached hydrogens (primary N) is 1. The van der Waals surface area contributed by atoms with E-state index in [0.717, 1.165) is 19.5 Å². The SMILES string of the molecule is NC1C2CCC1(c1ccnc(Cl)c1)CNC2. The van der Waals surface area contributed by atoms with E-state index in [9.17, 15) is 0 Å². The van der Waals surface area contributed by atoms with E-state index >= 15 is 0 Å². The predicted molar refractivity (Wildman–Crippen MR) is 64.5 cm³/mol. The van der Waals surface area contributed by atoms with Crippen molar-refractivity contribution < 1.29 is 0 Å². The van der Waals surface area contributed by atoms with Crippen LogP contribution in [0.15, 0.2) is 18.3 Å². The Kier molecular flexibility index (Phi) is 2.42. The van der Waals surface area contributed by atoms with Crippen LogP contribution < -0.4 is 11.1 Å². The average molecular weight is 238 g/mol. The number of aromatic nitrogens is 1. The van der Waals surface area contributed by atoms with Crippen molar-refractivity contribution >= 4 is 11.6 Å². The lowest BCUT2D eigenvalue weighted by Crippen LogP contribution is -2.56. The van der Waals surface area contributed by atoms with Crippen LogP contribution in [0.5, 0.6) is 0 Å². The van der Waals surface area contributed by atoms with Gasteiger partial charge in [0.2, 0.25) is 0 Å². The normalized spacial score (nSPS) is 37.6. The Bertz CT molecular complexity index is 405. The van der Waals surface area contributed by atoms with Crippen LogP contribution in [0.1, 0.15) is 18.4 Å². The van der Waals surface area contributed by atoms with E-state index in [0.29, 0.717) is 11.1 Å². The summed E-state index contributed by atoms with van der Waals surface area (Å²) in [4.78, 5) is 4.04. The third kappa shape index (κ3) is 1.39. The van der Waals surface area contributed by atoms with E-state index in [4.69, 9.17) is 17.3 Å². The first-order chi connectivity index (χ1) is 7.72. The Balaban J connectivity index is 2.04. The summed E-state index contributed by atoms with van der Waals surface area (Å²) in [6.07, 6.45) is 4.15. The van der Waals surface area contributed by atoms with Crippen LogP contribution in [0, 0.1) is 5.92 Å². The monoisotopic (exact) mass is 237 g/mol. The van der Waals surface area contributed by atoms with E-state index < -0.39 is 0 Å². The molecule has 86 valence electrons. The minimum atomic E-state index is 0.0789. The van der Waals surface area contributed by atoms with Gasteiger partial charge in [-0.15, -0.1) is 0 Å². The van der Waals surface area contributed by atoms with Gasteiger partial charge in [0.05, 0.1) is 0 Å². The van der Waals surface area contributed by atoms with Crippen molar-refractivity contribution in [2.45, 2.75) is 24.3 Å². The van der Waals surface area contributed by atoms with Crippen LogP contribution in [0.4, 0.5) is 0 Å². The first kappa shape index (κ1) is 10.5. The molecule has 3 unspecified atom stereocenters. The predicted octanol–water partition coefficient (Wildman–Crippen LogP) is 1.31. The number of fused-ring (bicyclic) bond motifs is 2. The Morgan fingerprint density at radius 1 is 1.56 bits per heavy atom. The number of rotatable bonds is 1. The summed E-state index contributed by atoms with van der Waals surface area (Å²) in [5.74, 6) is 0.612. The molecule has 1 aliphatic carbocycles. The molecule has 3 rings (SSSR count). The van der Waals surface area contributed by atoms with Crippen molar-refractivity contribution in [3.63, 3.8) is 0 Å². The van der Waals surface area contributed by atoms with Crippen LogP contribution >= 0.6 is 11.6 Å². The van der Waals surface area contributed by atoms with Crippen LogP contribution in [-0.4, -0.2) is 24.1 Å². The Morgan fingerprint density at radius 3 is 3.25 bits per heavy atom. The molecule has 2 fully saturated rings. The van der Waals surface area contributed by atoms with Gasteiger partial charge in [0.1, 0.15) is 5.15 Å². The van der Waals surface area contributed by atoms with E-state index in [1.807, 2.05) is 6.07 Å². The van der Waals surface area contributed by atoms with E-state index in [1.165, 1.54) is 12.0 Å². The fourth-order valence-corrected chi connectivity index (χ4v) is 3.48. The largest absolute Gasteiger partial charge is 0.327 e. The van der Waals surface area contributed by atoms with Gasteiger partial charge in [-0.2, -0.15) is 0 Å². The third-order valence-electron chi connectivity index (χ3n) is 4.26. The number of halogens is 1. The maximum absolute atomic E-state index is 6.40. The summed E-state index contributed by atoms with van der Waals surface area (Å²) < 4.78 is 0. The fraction of sp³-hybridized carbons (Fsp3) is 0.583. The molecule has 1 aromatic heterocycles. The molecule has 0 spiro atoms. The molecule has 1 saturated carbocycles. The molecule has 1 aromatic rings. The fourth-order valence-electron chi connectivity index (χ4n) is 3.31. The zero-order valence-electron chi connectivity index (χ0n) is 9.12. The lowest BCUT2D eigenvalue weighted by atomic mass is 9.73. The molecule has 4 heteroatoms. The summed E-state index contributed by atoms with van der Waals surface area (Å²) in [5, 5.41) is 4.06. The second kappa shape index (κ2) is 3.69. The van der Waals surface area contributed by atoms with Gasteiger partial charge >= 0.3 is 0 Å². The zero-order chi connectivity index (χ0) is 11.2. The van der Waals surface area contributed by atoms with E-state index in [1.54, 1.807) is 6.20 Å². The molecule has 0 amide bonds. The maximum atomic E-state index is 6.40. The standard InChI is InChI=1S/C12H16ClN3/c13-10-5-9(2-4-16-10)12-3-1-8(11(12)14)6-15-7-12/h2,4-5,8,11,15H,1,3,6-7,14H2. The lowest BCUT2D eigenvalue weighted by Gasteiger charge is -2.40. The van der Waals surface area contributed by atoms with Crippen LogP contribution in [-0.2, 0) is 5.41 Å². The van der Waals surface area contributed by atoms with Gasteiger partial charge < -0.3 is 11.1 Å². The Morgan fingerprint density at radius 2 is 2.44 bits per heavy atom. The molecular formula is C12H16ClN3. The summed E-state index contributed by atoms with van der Waals surface area (Å²) in [5.41, 5.74) is 7.72. The molecular weight excluding hydrogens is 222 g/mol. The van der Waals surface area contributed by atoms with Crippen molar-refractivity contribution in [2.24, 2.45) is 11.7 Å². The third-order valence-corrected chi connectivity index (χ3v) is 4.46. The minimum absolute atomic E-state index is 0.0789. The van der Waals surface area contributed by atoms with E-state index in [-0.39, 0.29) is 11.5 Å². The van der Waals surface area contributed by atoms with Crippen molar-refractivity contribution in [1.82, 2.24) is 10.3 Å². The van der Waals surface area contributed by atoms with Gasteiger partial charge in [-0.1, -0.05) is 11.6 Å². The highest BCUT2D eigenvalue weighted by Crippen LogP contribution is 2.45. The van der Waals surface area contributed by atoms with Gasteiger partial charge in [-0.05, 0) is 43.0 Å². The summed E-state index contributed by atoms with van der Waals surface area (Å²) >= 11 is 5.97. The topological polar surface area (TPSA) is 50.9 Å². The first-order valence-corrected chi connectivity index (χ1v) is 6.18. The molecule has 3 atom stereocenters. The second-order valence-corrected chi connectivity index (χ2v) is 5.37. The zero-order valence-corrected chi connectivity index (χ0v) is 9.87. The van der Waals surface area contributed by atoms with Crippen LogP contribution in [0.25, 0.3) is 0 Å². The highest BCUT2D eigenvalue weighted by atomic mass is 35.5. The highest BCUT2D eigenvalue weighted by Gasteiger charge is 2.49. The highest BCUT2D eigenvalue weighted by molar-refractivity contribution is 6.29. The van der Waals surface area contributed by atoms with Crippen LogP contribution in [0.3, 0.4) is 0 Å². The second-order valence-electron chi connectivity index (χ2n) is 4.98. The molecule has 0 aromatic carbocycles. The van der Waals surface area contributed by atoms with Gasteiger partial charge in [-0.25, -0.2) is 4.98 Å². The Hall–Kier alpha value is -0.640. The number of hydrogen-bond acceptors (Lipinski definition) is 3. The summed E-state index contributed by atoms with van der Waals surface area (Å²) in [7, 11) is 0.